The molecule has 4 rings (SSSR count). The summed E-state index contributed by atoms with van der Waals surface area (Å²) in [6, 6.07) is 15.8. The number of fused-ring (bicyclic) bond motifs is 3. The molecule has 0 radical (unpaired) electrons. The molecule has 1 aliphatic rings. The van der Waals surface area contributed by atoms with Crippen molar-refractivity contribution >= 4 is 11.6 Å². The lowest BCUT2D eigenvalue weighted by molar-refractivity contribution is 0.0950. The Hall–Kier alpha value is -3.65. The summed E-state index contributed by atoms with van der Waals surface area (Å²) in [4.78, 5) is 21.6. The number of aromatic nitrogens is 2. The van der Waals surface area contributed by atoms with Gasteiger partial charge in [0.2, 0.25) is 0 Å². The molecule has 132 valence electrons. The molecule has 1 N–H and O–H groups in total. The minimum absolute atomic E-state index is 0.189. The maximum Gasteiger partial charge on any atom is 0.271 e. The van der Waals surface area contributed by atoms with Crippen molar-refractivity contribution in [2.45, 2.75) is 13.5 Å². The van der Waals surface area contributed by atoms with Gasteiger partial charge in [-0.05, 0) is 25.1 Å². The first-order valence-electron chi connectivity index (χ1n) is 8.78. The van der Waals surface area contributed by atoms with Crippen LogP contribution >= 0.6 is 0 Å². The van der Waals surface area contributed by atoms with Crippen molar-refractivity contribution in [3.63, 3.8) is 0 Å². The number of amides is 1. The molecule has 1 aliphatic heterocycles. The summed E-state index contributed by atoms with van der Waals surface area (Å²) in [7, 11) is 0. The van der Waals surface area contributed by atoms with E-state index in [0.29, 0.717) is 18.8 Å². The van der Waals surface area contributed by atoms with Crippen LogP contribution in [-0.4, -0.2) is 27.7 Å². The molecule has 5 nitrogen and oxygen atoms in total. The van der Waals surface area contributed by atoms with Crippen LogP contribution in [0, 0.1) is 12.3 Å². The number of hydrogen-bond acceptors (Lipinski definition) is 3. The zero-order valence-electron chi connectivity index (χ0n) is 14.9. The number of terminal acetylenes is 1. The van der Waals surface area contributed by atoms with E-state index in [-0.39, 0.29) is 5.91 Å². The maximum atomic E-state index is 12.4. The topological polar surface area (TPSA) is 59.3 Å². The Morgan fingerprint density at radius 1 is 1.26 bits per heavy atom. The second-order valence-corrected chi connectivity index (χ2v) is 6.18. The van der Waals surface area contributed by atoms with Crippen LogP contribution in [0.15, 0.2) is 59.9 Å². The second-order valence-electron chi connectivity index (χ2n) is 6.18. The molecule has 0 fully saturated rings. The molecular weight excluding hydrogens is 336 g/mol. The minimum atomic E-state index is -0.189. The average molecular weight is 354 g/mol. The van der Waals surface area contributed by atoms with Crippen molar-refractivity contribution in [3.8, 4) is 18.0 Å². The summed E-state index contributed by atoms with van der Waals surface area (Å²) in [6.45, 7) is 2.79. The predicted molar refractivity (Wildman–Crippen MR) is 105 cm³/mol. The van der Waals surface area contributed by atoms with Gasteiger partial charge in [-0.1, -0.05) is 36.3 Å². The largest absolute Gasteiger partial charge is 0.351 e. The van der Waals surface area contributed by atoms with Crippen LogP contribution in [0.25, 0.3) is 5.69 Å². The van der Waals surface area contributed by atoms with Gasteiger partial charge in [-0.3, -0.25) is 14.4 Å². The molecule has 0 bridgehead atoms. The number of nitrogens with one attached hydrogen (secondary N) is 1. The molecule has 2 heterocycles. The van der Waals surface area contributed by atoms with E-state index in [1.54, 1.807) is 6.33 Å². The lowest BCUT2D eigenvalue weighted by Crippen LogP contribution is -2.24. The fourth-order valence-electron chi connectivity index (χ4n) is 3.27. The first kappa shape index (κ1) is 16.8. The van der Waals surface area contributed by atoms with Crippen molar-refractivity contribution < 1.29 is 4.79 Å². The van der Waals surface area contributed by atoms with E-state index in [1.807, 2.05) is 60.0 Å². The van der Waals surface area contributed by atoms with Gasteiger partial charge in [0.1, 0.15) is 6.33 Å². The highest BCUT2D eigenvalue weighted by Gasteiger charge is 2.24. The van der Waals surface area contributed by atoms with Gasteiger partial charge in [-0.2, -0.15) is 0 Å². The highest BCUT2D eigenvalue weighted by atomic mass is 16.1. The van der Waals surface area contributed by atoms with E-state index in [2.05, 4.69) is 16.2 Å². The number of nitrogens with zero attached hydrogens (tertiary/aromatic N) is 3. The van der Waals surface area contributed by atoms with Crippen LogP contribution in [0.5, 0.6) is 0 Å². The standard InChI is InChI=1S/C22H18N4O/c1-3-15-10-11-18-17(12-15)20(16-8-6-5-7-9-16)24-13-19-21(22(27)23-4-2)25-14-26(18)19/h1,5-12,14H,4,13H2,2H3,(H,23,27). The summed E-state index contributed by atoms with van der Waals surface area (Å²) < 4.78 is 1.93. The first-order chi connectivity index (χ1) is 13.2. The zero-order chi connectivity index (χ0) is 18.8. The van der Waals surface area contributed by atoms with Gasteiger partial charge in [-0.25, -0.2) is 4.98 Å². The Bertz CT molecular complexity index is 1090. The van der Waals surface area contributed by atoms with Gasteiger partial charge >= 0.3 is 0 Å². The highest BCUT2D eigenvalue weighted by molar-refractivity contribution is 6.15. The fourth-order valence-corrected chi connectivity index (χ4v) is 3.27. The van der Waals surface area contributed by atoms with Crippen molar-refractivity contribution in [1.82, 2.24) is 14.9 Å². The number of benzene rings is 2. The van der Waals surface area contributed by atoms with E-state index in [0.717, 1.165) is 33.8 Å². The smallest absolute Gasteiger partial charge is 0.271 e. The molecule has 1 amide bonds. The third kappa shape index (κ3) is 2.91. The van der Waals surface area contributed by atoms with Crippen LogP contribution in [0.2, 0.25) is 0 Å². The third-order valence-electron chi connectivity index (χ3n) is 4.53. The van der Waals surface area contributed by atoms with E-state index in [9.17, 15) is 4.79 Å². The van der Waals surface area contributed by atoms with Crippen molar-refractivity contribution in [3.05, 3.63) is 82.9 Å². The molecule has 0 spiro atoms. The lowest BCUT2D eigenvalue weighted by atomic mass is 9.98. The molecule has 0 atom stereocenters. The van der Waals surface area contributed by atoms with Crippen LogP contribution < -0.4 is 5.32 Å². The van der Waals surface area contributed by atoms with Gasteiger partial charge in [0.05, 0.1) is 23.6 Å². The molecule has 1 aromatic heterocycles. The zero-order valence-corrected chi connectivity index (χ0v) is 14.9. The summed E-state index contributed by atoms with van der Waals surface area (Å²) in [6.07, 6.45) is 7.29. The second kappa shape index (κ2) is 6.93. The summed E-state index contributed by atoms with van der Waals surface area (Å²) in [5.74, 6) is 2.50. The molecule has 0 saturated heterocycles. The van der Waals surface area contributed by atoms with Gasteiger partial charge in [-0.15, -0.1) is 6.42 Å². The van der Waals surface area contributed by atoms with Gasteiger partial charge < -0.3 is 5.32 Å². The quantitative estimate of drug-likeness (QED) is 0.735. The average Bonchev–Trinajstić information content (AvgIpc) is 3.06. The van der Waals surface area contributed by atoms with Crippen LogP contribution in [0.4, 0.5) is 0 Å². The van der Waals surface area contributed by atoms with Gasteiger partial charge in [0.15, 0.2) is 5.69 Å². The number of aliphatic imine (C=N–C) groups is 1. The summed E-state index contributed by atoms with van der Waals surface area (Å²) in [5.41, 5.74) is 5.65. The van der Waals surface area contributed by atoms with E-state index in [4.69, 9.17) is 11.4 Å². The van der Waals surface area contributed by atoms with Crippen LogP contribution in [0.3, 0.4) is 0 Å². The van der Waals surface area contributed by atoms with E-state index < -0.39 is 0 Å². The fraction of sp³-hybridized carbons (Fsp3) is 0.136. The van der Waals surface area contributed by atoms with Crippen molar-refractivity contribution in [1.29, 1.82) is 0 Å². The molecular formula is C22H18N4O. The monoisotopic (exact) mass is 354 g/mol. The first-order valence-corrected chi connectivity index (χ1v) is 8.78. The SMILES string of the molecule is C#Cc1ccc2c(c1)C(c1ccccc1)=NCc1c(C(=O)NCC)ncn1-2. The number of carbonyl (C=O) groups excluding carboxylic acids is 1. The Morgan fingerprint density at radius 3 is 2.81 bits per heavy atom. The predicted octanol–water partition coefficient (Wildman–Crippen LogP) is 2.95. The normalized spacial score (nSPS) is 12.2. The number of rotatable bonds is 3. The lowest BCUT2D eigenvalue weighted by Gasteiger charge is -2.12. The van der Waals surface area contributed by atoms with Gasteiger partial charge in [0, 0.05) is 23.2 Å². The van der Waals surface area contributed by atoms with E-state index in [1.165, 1.54) is 0 Å². The Morgan fingerprint density at radius 2 is 2.07 bits per heavy atom. The van der Waals surface area contributed by atoms with Crippen molar-refractivity contribution in [2.24, 2.45) is 4.99 Å². The summed E-state index contributed by atoms with van der Waals surface area (Å²) in [5, 5.41) is 2.81. The van der Waals surface area contributed by atoms with Crippen LogP contribution in [-0.2, 0) is 6.54 Å². The molecule has 3 aromatic rings. The van der Waals surface area contributed by atoms with E-state index >= 15 is 0 Å². The molecule has 0 aliphatic carbocycles. The number of carbonyl (C=O) groups is 1. The highest BCUT2D eigenvalue weighted by Crippen LogP contribution is 2.27. The third-order valence-corrected chi connectivity index (χ3v) is 4.53. The Kier molecular flexibility index (Phi) is 4.31. The molecule has 0 saturated carbocycles. The minimum Gasteiger partial charge on any atom is -0.351 e. The molecule has 5 heteroatoms. The Labute approximate surface area is 157 Å². The molecule has 0 unspecified atom stereocenters. The molecule has 27 heavy (non-hydrogen) atoms. The van der Waals surface area contributed by atoms with Crippen molar-refractivity contribution in [2.75, 3.05) is 6.54 Å². The molecule has 2 aromatic carbocycles. The maximum absolute atomic E-state index is 12.4. The number of imidazole rings is 1. The number of hydrogen-bond donors (Lipinski definition) is 1. The van der Waals surface area contributed by atoms with Gasteiger partial charge in [0.25, 0.3) is 5.91 Å². The Balaban J connectivity index is 1.94. The summed E-state index contributed by atoms with van der Waals surface area (Å²) >= 11 is 0. The van der Waals surface area contributed by atoms with Crippen LogP contribution in [0.1, 0.15) is 39.8 Å².